The average Bonchev–Trinajstić information content (AvgIpc) is 3.57. The molecule has 282 valence electrons. The van der Waals surface area contributed by atoms with Crippen LogP contribution >= 0.6 is 0 Å². The predicted octanol–water partition coefficient (Wildman–Crippen LogP) is 1.28. The van der Waals surface area contributed by atoms with Crippen molar-refractivity contribution in [3.8, 4) is 0 Å². The van der Waals surface area contributed by atoms with Gasteiger partial charge in [-0.3, -0.25) is 14.7 Å². The van der Waals surface area contributed by atoms with Gasteiger partial charge in [-0.05, 0) is 57.5 Å². The van der Waals surface area contributed by atoms with Crippen molar-refractivity contribution in [1.29, 1.82) is 0 Å². The maximum Gasteiger partial charge on any atom is 0.347 e. The highest BCUT2D eigenvalue weighted by Gasteiger charge is 2.30. The molecule has 17 heteroatoms. The summed E-state index contributed by atoms with van der Waals surface area (Å²) in [6, 6.07) is 15.0. The molecule has 2 heterocycles. The lowest BCUT2D eigenvalue weighted by atomic mass is 10.1. The molecule has 1 aromatic heterocycles. The van der Waals surface area contributed by atoms with Gasteiger partial charge in [-0.1, -0.05) is 36.4 Å². The molecule has 1 fully saturated rings. The zero-order chi connectivity index (χ0) is 38.7. The van der Waals surface area contributed by atoms with Gasteiger partial charge in [0.2, 0.25) is 0 Å². The first-order chi connectivity index (χ1) is 25.2. The fourth-order valence-corrected chi connectivity index (χ4v) is 4.84. The molecular weight excluding hydrogens is 696 g/mol. The van der Waals surface area contributed by atoms with Gasteiger partial charge in [0.25, 0.3) is 11.8 Å². The van der Waals surface area contributed by atoms with Gasteiger partial charge >= 0.3 is 29.8 Å². The number of aliphatic hydroxyl groups excluding tert-OH is 1. The smallest absolute Gasteiger partial charge is 0.347 e. The van der Waals surface area contributed by atoms with Gasteiger partial charge in [0.05, 0.1) is 11.2 Å². The lowest BCUT2D eigenvalue weighted by molar-refractivity contribution is -0.184. The van der Waals surface area contributed by atoms with Crippen molar-refractivity contribution in [2.24, 2.45) is 0 Å². The summed E-state index contributed by atoms with van der Waals surface area (Å²) in [5.41, 5.74) is 3.14. The number of nitrogens with zero attached hydrogens (tertiary/aromatic N) is 3. The van der Waals surface area contributed by atoms with E-state index in [0.29, 0.717) is 5.56 Å². The first kappa shape index (κ1) is 39.7. The number of piperazine rings is 1. The molecule has 2 aromatic carbocycles. The Morgan fingerprint density at radius 3 is 1.91 bits per heavy atom. The minimum Gasteiger partial charge on any atom is -0.453 e. The fraction of sp³-hybridized carbons (Fsp3) is 0.389. The minimum atomic E-state index is -1.51. The summed E-state index contributed by atoms with van der Waals surface area (Å²) in [7, 11) is 0. The molecular formula is C36H40N4O13. The number of aromatic amines is 1. The van der Waals surface area contributed by atoms with Crippen molar-refractivity contribution in [3.05, 3.63) is 65.4 Å². The van der Waals surface area contributed by atoms with Crippen LogP contribution in [0.25, 0.3) is 23.1 Å². The predicted molar refractivity (Wildman–Crippen MR) is 184 cm³/mol. The number of hydrogen-bond donors (Lipinski definition) is 2. The monoisotopic (exact) mass is 736 g/mol. The van der Waals surface area contributed by atoms with Crippen LogP contribution in [-0.2, 0) is 52.5 Å². The molecule has 0 spiro atoms. The Kier molecular flexibility index (Phi) is 13.8. The van der Waals surface area contributed by atoms with Crippen LogP contribution in [0.3, 0.4) is 0 Å². The number of carbonyl (C=O) groups excluding carboxylic acids is 7. The molecule has 0 radical (unpaired) electrons. The van der Waals surface area contributed by atoms with E-state index in [1.165, 1.54) is 11.8 Å². The van der Waals surface area contributed by atoms with Crippen LogP contribution in [0.2, 0.25) is 0 Å². The molecule has 4 atom stereocenters. The number of H-pyrrole nitrogens is 1. The Morgan fingerprint density at radius 1 is 0.717 bits per heavy atom. The Labute approximate surface area is 303 Å². The van der Waals surface area contributed by atoms with Crippen LogP contribution in [0.4, 0.5) is 0 Å². The van der Waals surface area contributed by atoms with Gasteiger partial charge in [-0.15, -0.1) is 0 Å². The number of amides is 2. The zero-order valence-electron chi connectivity index (χ0n) is 29.5. The SMILES string of the molecule is CC(O)C(=O)OC(C)C(=O)OC(C)C(=O)OC(C)C(=O)OCC(=O)OCC(=O)N1CCN(C(=O)c2ccc(/C=C/c3n[nH]c4ccccc34)cc2)CC1. The number of fused-ring (bicyclic) bond motifs is 1. The quantitative estimate of drug-likeness (QED) is 0.176. The van der Waals surface area contributed by atoms with Crippen LogP contribution in [0, 0.1) is 0 Å². The normalized spacial score (nSPS) is 15.2. The van der Waals surface area contributed by atoms with E-state index in [1.54, 1.807) is 17.0 Å². The topological polar surface area (TPSA) is 221 Å². The summed E-state index contributed by atoms with van der Waals surface area (Å²) in [5, 5.41) is 17.5. The van der Waals surface area contributed by atoms with Crippen molar-refractivity contribution < 1.29 is 62.4 Å². The number of esters is 5. The number of aromatic nitrogens is 2. The van der Waals surface area contributed by atoms with E-state index >= 15 is 0 Å². The second-order valence-corrected chi connectivity index (χ2v) is 12.0. The van der Waals surface area contributed by atoms with Crippen LogP contribution < -0.4 is 0 Å². The number of ether oxygens (including phenoxy) is 5. The number of para-hydroxylation sites is 1. The molecule has 0 aliphatic carbocycles. The molecule has 1 aliphatic rings. The van der Waals surface area contributed by atoms with E-state index in [1.807, 2.05) is 48.6 Å². The minimum absolute atomic E-state index is 0.180. The molecule has 17 nitrogen and oxygen atoms in total. The van der Waals surface area contributed by atoms with E-state index in [2.05, 4.69) is 14.9 Å². The summed E-state index contributed by atoms with van der Waals surface area (Å²) < 4.78 is 24.1. The molecule has 1 saturated heterocycles. The third-order valence-electron chi connectivity index (χ3n) is 7.92. The van der Waals surface area contributed by atoms with Gasteiger partial charge in [0.15, 0.2) is 31.5 Å². The largest absolute Gasteiger partial charge is 0.453 e. The average molecular weight is 737 g/mol. The number of nitrogens with one attached hydrogen (secondary N) is 1. The van der Waals surface area contributed by atoms with Gasteiger partial charge in [-0.25, -0.2) is 24.0 Å². The lowest BCUT2D eigenvalue weighted by Gasteiger charge is -2.34. The summed E-state index contributed by atoms with van der Waals surface area (Å²) in [6.07, 6.45) is -2.11. The molecule has 4 rings (SSSR count). The maximum atomic E-state index is 13.1. The number of carbonyl (C=O) groups is 7. The maximum absolute atomic E-state index is 13.1. The first-order valence-corrected chi connectivity index (χ1v) is 16.6. The van der Waals surface area contributed by atoms with E-state index in [4.69, 9.17) is 24.1 Å². The summed E-state index contributed by atoms with van der Waals surface area (Å²) >= 11 is 0. The van der Waals surface area contributed by atoms with E-state index in [9.17, 15) is 33.6 Å². The highest BCUT2D eigenvalue weighted by molar-refractivity contribution is 5.95. The summed E-state index contributed by atoms with van der Waals surface area (Å²) in [6.45, 7) is 4.10. The summed E-state index contributed by atoms with van der Waals surface area (Å²) in [4.78, 5) is 88.8. The Bertz CT molecular complexity index is 1840. The second kappa shape index (κ2) is 18.4. The summed E-state index contributed by atoms with van der Waals surface area (Å²) in [5.74, 6) is -6.13. The first-order valence-electron chi connectivity index (χ1n) is 16.6. The van der Waals surface area contributed by atoms with E-state index in [0.717, 1.165) is 42.9 Å². The molecule has 1 aliphatic heterocycles. The highest BCUT2D eigenvalue weighted by Crippen LogP contribution is 2.18. The molecule has 0 bridgehead atoms. The molecule has 2 N–H and O–H groups in total. The number of benzene rings is 2. The number of hydrogen-bond acceptors (Lipinski definition) is 14. The third-order valence-corrected chi connectivity index (χ3v) is 7.92. The standard InChI is InChI=1S/C36H40N4O13/c1-21(41)33(45)51-23(3)35(47)53-24(4)36(48)52-22(2)34(46)50-20-31(43)49-19-30(42)39-15-17-40(18-16-39)32(44)26-12-9-25(10-13-26)11-14-29-27-7-5-6-8-28(27)37-38-29/h5-14,21-24,41H,15-20H2,1-4H3,(H,37,38)/b14-11+. The molecule has 4 unspecified atom stereocenters. The van der Waals surface area contributed by atoms with Crippen molar-refractivity contribution in [3.63, 3.8) is 0 Å². The molecule has 3 aromatic rings. The zero-order valence-corrected chi connectivity index (χ0v) is 29.5. The lowest BCUT2D eigenvalue weighted by Crippen LogP contribution is -2.51. The number of rotatable bonds is 14. The second-order valence-electron chi connectivity index (χ2n) is 12.0. The van der Waals surface area contributed by atoms with Crippen molar-refractivity contribution >= 4 is 64.7 Å². The van der Waals surface area contributed by atoms with Crippen LogP contribution in [0.5, 0.6) is 0 Å². The molecule has 2 amide bonds. The van der Waals surface area contributed by atoms with Crippen molar-refractivity contribution in [2.75, 3.05) is 39.4 Å². The highest BCUT2D eigenvalue weighted by atomic mass is 16.6. The van der Waals surface area contributed by atoms with Gasteiger partial charge in [-0.2, -0.15) is 5.10 Å². The van der Waals surface area contributed by atoms with Crippen LogP contribution in [-0.4, -0.2) is 131 Å². The van der Waals surface area contributed by atoms with Crippen molar-refractivity contribution in [1.82, 2.24) is 20.0 Å². The molecule has 53 heavy (non-hydrogen) atoms. The Hall–Kier alpha value is -6.10. The van der Waals surface area contributed by atoms with Crippen molar-refractivity contribution in [2.45, 2.75) is 52.1 Å². The van der Waals surface area contributed by atoms with Crippen LogP contribution in [0.15, 0.2) is 48.5 Å². The fourth-order valence-electron chi connectivity index (χ4n) is 4.84. The van der Waals surface area contributed by atoms with Gasteiger partial charge < -0.3 is 38.6 Å². The van der Waals surface area contributed by atoms with E-state index < -0.39 is 73.4 Å². The Balaban J connectivity index is 1.12. The van der Waals surface area contributed by atoms with Crippen LogP contribution in [0.1, 0.15) is 49.3 Å². The van der Waals surface area contributed by atoms with Gasteiger partial charge in [0.1, 0.15) is 6.10 Å². The van der Waals surface area contributed by atoms with E-state index in [-0.39, 0.29) is 32.1 Å². The van der Waals surface area contributed by atoms with Gasteiger partial charge in [0, 0.05) is 37.1 Å². The molecule has 0 saturated carbocycles. The number of aliphatic hydroxyl groups is 1. The third kappa shape index (κ3) is 11.2. The Morgan fingerprint density at radius 2 is 1.28 bits per heavy atom.